The van der Waals surface area contributed by atoms with Crippen LogP contribution >= 0.6 is 11.3 Å². The van der Waals surface area contributed by atoms with Gasteiger partial charge in [-0.25, -0.2) is 0 Å². The van der Waals surface area contributed by atoms with Crippen molar-refractivity contribution in [2.24, 2.45) is 0 Å². The number of carbonyl (C=O) groups is 2. The van der Waals surface area contributed by atoms with E-state index in [4.69, 9.17) is 4.74 Å². The number of ether oxygens (including phenoxy) is 1. The molecule has 1 aromatic heterocycles. The number of piperidine rings is 1. The smallest absolute Gasteiger partial charge is 0.263 e. The van der Waals surface area contributed by atoms with Crippen LogP contribution in [0.2, 0.25) is 0 Å². The van der Waals surface area contributed by atoms with E-state index in [0.717, 1.165) is 43.8 Å². The molecule has 0 N–H and O–H groups in total. The van der Waals surface area contributed by atoms with Crippen molar-refractivity contribution in [3.63, 3.8) is 0 Å². The molecule has 150 valence electrons. The van der Waals surface area contributed by atoms with Gasteiger partial charge < -0.3 is 19.4 Å². The molecular formula is C20H31N3O3S. The van der Waals surface area contributed by atoms with Gasteiger partial charge in [0.15, 0.2) is 0 Å². The maximum atomic E-state index is 12.9. The highest BCUT2D eigenvalue weighted by Crippen LogP contribution is 2.45. The van der Waals surface area contributed by atoms with Crippen LogP contribution in [-0.4, -0.2) is 80.4 Å². The van der Waals surface area contributed by atoms with Gasteiger partial charge in [0.25, 0.3) is 5.91 Å². The number of fused-ring (bicyclic) bond motifs is 2. The van der Waals surface area contributed by atoms with Crippen LogP contribution in [0.25, 0.3) is 0 Å². The lowest BCUT2D eigenvalue weighted by atomic mass is 9.85. The van der Waals surface area contributed by atoms with E-state index >= 15 is 0 Å². The van der Waals surface area contributed by atoms with E-state index in [1.54, 1.807) is 16.2 Å². The fourth-order valence-electron chi connectivity index (χ4n) is 3.88. The van der Waals surface area contributed by atoms with Gasteiger partial charge in [-0.2, -0.15) is 0 Å². The predicted octanol–water partition coefficient (Wildman–Crippen LogP) is 2.18. The molecule has 2 aliphatic rings. The summed E-state index contributed by atoms with van der Waals surface area (Å²) in [7, 11) is 5.89. The molecular weight excluding hydrogens is 362 g/mol. The summed E-state index contributed by atoms with van der Waals surface area (Å²) in [5.41, 5.74) is 0.939. The SMILES string of the molecule is CCC(=O)N1CCC2(CC1)OCCc1cc(C(=O)N(C)CCN(C)C)sc12. The van der Waals surface area contributed by atoms with Gasteiger partial charge in [-0.15, -0.1) is 11.3 Å². The molecule has 1 aromatic rings. The molecule has 1 saturated heterocycles. The van der Waals surface area contributed by atoms with Crippen molar-refractivity contribution in [1.82, 2.24) is 14.7 Å². The van der Waals surface area contributed by atoms with Gasteiger partial charge >= 0.3 is 0 Å². The second-order valence-electron chi connectivity index (χ2n) is 7.82. The summed E-state index contributed by atoms with van der Waals surface area (Å²) in [6.45, 7) is 5.62. The van der Waals surface area contributed by atoms with Crippen LogP contribution in [0.3, 0.4) is 0 Å². The van der Waals surface area contributed by atoms with Crippen molar-refractivity contribution < 1.29 is 14.3 Å². The second kappa shape index (κ2) is 8.29. The number of carbonyl (C=O) groups excluding carboxylic acids is 2. The summed E-state index contributed by atoms with van der Waals surface area (Å²) in [5, 5.41) is 0. The summed E-state index contributed by atoms with van der Waals surface area (Å²) in [5.74, 6) is 0.301. The zero-order valence-corrected chi connectivity index (χ0v) is 17.7. The van der Waals surface area contributed by atoms with Crippen LogP contribution < -0.4 is 0 Å². The zero-order chi connectivity index (χ0) is 19.6. The minimum Gasteiger partial charge on any atom is -0.369 e. The van der Waals surface area contributed by atoms with Crippen LogP contribution in [-0.2, 0) is 21.6 Å². The molecule has 0 radical (unpaired) electrons. The highest BCUT2D eigenvalue weighted by Gasteiger charge is 2.43. The quantitative estimate of drug-likeness (QED) is 0.769. The highest BCUT2D eigenvalue weighted by molar-refractivity contribution is 7.14. The topological polar surface area (TPSA) is 53.1 Å². The minimum absolute atomic E-state index is 0.0880. The Balaban J connectivity index is 1.75. The third-order valence-electron chi connectivity index (χ3n) is 5.64. The van der Waals surface area contributed by atoms with Crippen molar-refractivity contribution in [3.05, 3.63) is 21.4 Å². The number of likely N-dealkylation sites (tertiary alicyclic amines) is 1. The Morgan fingerprint density at radius 3 is 2.56 bits per heavy atom. The number of thiophene rings is 1. The van der Waals surface area contributed by atoms with Crippen molar-refractivity contribution in [2.75, 3.05) is 53.9 Å². The molecule has 0 atom stereocenters. The highest BCUT2D eigenvalue weighted by atomic mass is 32.1. The van der Waals surface area contributed by atoms with Crippen LogP contribution in [0.4, 0.5) is 0 Å². The first-order chi connectivity index (χ1) is 12.9. The van der Waals surface area contributed by atoms with E-state index in [1.165, 1.54) is 10.4 Å². The molecule has 6 nitrogen and oxygen atoms in total. The van der Waals surface area contributed by atoms with Crippen molar-refractivity contribution in [3.8, 4) is 0 Å². The molecule has 0 saturated carbocycles. The first-order valence-electron chi connectivity index (χ1n) is 9.81. The maximum Gasteiger partial charge on any atom is 0.263 e. The van der Waals surface area contributed by atoms with E-state index < -0.39 is 0 Å². The predicted molar refractivity (Wildman–Crippen MR) is 107 cm³/mol. The number of rotatable bonds is 5. The lowest BCUT2D eigenvalue weighted by molar-refractivity contribution is -0.139. The van der Waals surface area contributed by atoms with Gasteiger partial charge in [0.1, 0.15) is 5.60 Å². The van der Waals surface area contributed by atoms with Crippen LogP contribution in [0.15, 0.2) is 6.07 Å². The van der Waals surface area contributed by atoms with Crippen LogP contribution in [0.5, 0.6) is 0 Å². The Kier molecular flexibility index (Phi) is 6.23. The van der Waals surface area contributed by atoms with Gasteiger partial charge in [-0.3, -0.25) is 9.59 Å². The largest absolute Gasteiger partial charge is 0.369 e. The lowest BCUT2D eigenvalue weighted by Crippen LogP contribution is -2.47. The second-order valence-corrected chi connectivity index (χ2v) is 8.87. The number of amides is 2. The zero-order valence-electron chi connectivity index (χ0n) is 16.9. The Hall–Kier alpha value is -1.44. The Labute approximate surface area is 166 Å². The van der Waals surface area contributed by atoms with Gasteiger partial charge in [-0.1, -0.05) is 6.92 Å². The first-order valence-corrected chi connectivity index (χ1v) is 10.6. The number of likely N-dealkylation sites (N-methyl/N-ethyl adjacent to an activating group) is 2. The van der Waals surface area contributed by atoms with Gasteiger partial charge in [0.2, 0.25) is 5.91 Å². The normalized spacial score (nSPS) is 18.6. The monoisotopic (exact) mass is 393 g/mol. The van der Waals surface area contributed by atoms with E-state index in [9.17, 15) is 9.59 Å². The number of hydrogen-bond acceptors (Lipinski definition) is 5. The minimum atomic E-state index is -0.316. The third kappa shape index (κ3) is 4.20. The molecule has 2 aliphatic heterocycles. The summed E-state index contributed by atoms with van der Waals surface area (Å²) < 4.78 is 6.27. The standard InChI is InChI=1S/C20H31N3O3S/c1-5-17(24)23-9-7-20(8-10-23)18-15(6-13-26-20)14-16(27-18)19(25)22(4)12-11-21(2)3/h14H,5-13H2,1-4H3. The van der Waals surface area contributed by atoms with Gasteiger partial charge in [-0.05, 0) is 45.0 Å². The molecule has 3 rings (SSSR count). The summed E-state index contributed by atoms with van der Waals surface area (Å²) in [6, 6.07) is 2.07. The molecule has 0 unspecified atom stereocenters. The van der Waals surface area contributed by atoms with Gasteiger partial charge in [0.05, 0.1) is 11.5 Å². The lowest BCUT2D eigenvalue weighted by Gasteiger charge is -2.43. The van der Waals surface area contributed by atoms with E-state index in [2.05, 4.69) is 11.0 Å². The van der Waals surface area contributed by atoms with Crippen LogP contribution in [0, 0.1) is 0 Å². The number of hydrogen-bond donors (Lipinski definition) is 0. The van der Waals surface area contributed by atoms with E-state index in [1.807, 2.05) is 33.0 Å². The Morgan fingerprint density at radius 1 is 1.22 bits per heavy atom. The molecule has 1 fully saturated rings. The molecule has 7 heteroatoms. The van der Waals surface area contributed by atoms with Crippen molar-refractivity contribution in [1.29, 1.82) is 0 Å². The van der Waals surface area contributed by atoms with Gasteiger partial charge in [0, 0.05) is 44.5 Å². The third-order valence-corrected chi connectivity index (χ3v) is 6.99. The van der Waals surface area contributed by atoms with E-state index in [-0.39, 0.29) is 17.4 Å². The average molecular weight is 394 g/mol. The molecule has 0 aromatic carbocycles. The molecule has 1 spiro atoms. The number of nitrogens with zero attached hydrogens (tertiary/aromatic N) is 3. The summed E-state index contributed by atoms with van der Waals surface area (Å²) in [6.07, 6.45) is 3.04. The van der Waals surface area contributed by atoms with E-state index in [0.29, 0.717) is 19.6 Å². The Morgan fingerprint density at radius 2 is 1.93 bits per heavy atom. The molecule has 2 amide bonds. The Bertz CT molecular complexity index is 693. The average Bonchev–Trinajstić information content (AvgIpc) is 3.11. The summed E-state index contributed by atoms with van der Waals surface area (Å²) in [4.78, 5) is 32.7. The van der Waals surface area contributed by atoms with Crippen molar-refractivity contribution >= 4 is 23.2 Å². The molecule has 0 aliphatic carbocycles. The molecule has 3 heterocycles. The fourth-order valence-corrected chi connectivity index (χ4v) is 5.28. The molecule has 0 bridgehead atoms. The molecule has 27 heavy (non-hydrogen) atoms. The summed E-state index contributed by atoms with van der Waals surface area (Å²) >= 11 is 1.59. The van der Waals surface area contributed by atoms with Crippen LogP contribution in [0.1, 0.15) is 46.3 Å². The maximum absolute atomic E-state index is 12.9. The fraction of sp³-hybridized carbons (Fsp3) is 0.700. The van der Waals surface area contributed by atoms with Crippen molar-refractivity contribution in [2.45, 2.75) is 38.2 Å². The first kappa shape index (κ1) is 20.3.